The second-order valence-electron chi connectivity index (χ2n) is 5.88. The third-order valence-electron chi connectivity index (χ3n) is 4.11. The Hall–Kier alpha value is -2.01. The monoisotopic (exact) mass is 389 g/mol. The van der Waals surface area contributed by atoms with Crippen molar-refractivity contribution in [3.8, 4) is 11.5 Å². The highest BCUT2D eigenvalue weighted by Crippen LogP contribution is 2.27. The van der Waals surface area contributed by atoms with Crippen LogP contribution in [0.25, 0.3) is 0 Å². The van der Waals surface area contributed by atoms with Gasteiger partial charge in [-0.05, 0) is 42.3 Å². The van der Waals surface area contributed by atoms with Crippen LogP contribution in [0.2, 0.25) is 0 Å². The lowest BCUT2D eigenvalue weighted by Gasteiger charge is -2.28. The molecule has 5 heteroatoms. The van der Waals surface area contributed by atoms with Gasteiger partial charge in [0.1, 0.15) is 24.7 Å². The summed E-state index contributed by atoms with van der Waals surface area (Å²) in [6, 6.07) is 15.6. The van der Waals surface area contributed by atoms with Crippen molar-refractivity contribution < 1.29 is 14.3 Å². The minimum Gasteiger partial charge on any atom is -0.492 e. The molecule has 0 aliphatic carbocycles. The fourth-order valence-corrected chi connectivity index (χ4v) is 3.00. The lowest BCUT2D eigenvalue weighted by atomic mass is 9.95. The summed E-state index contributed by atoms with van der Waals surface area (Å²) in [4.78, 5) is 14.3. The molecule has 2 aromatic rings. The zero-order chi connectivity index (χ0) is 16.9. The first-order chi connectivity index (χ1) is 11.6. The van der Waals surface area contributed by atoms with Crippen LogP contribution >= 0.6 is 15.9 Å². The Bertz CT molecular complexity index is 702. The standard InChI is InChI=1S/C19H20BrNO3/c1-21(10-11-23-17-8-6-16(20)7-9-17)19(22)15-12-14-4-2-3-5-18(14)24-13-15/h2-9,15H,10-13H2,1H3/t15-/m1/s1. The SMILES string of the molecule is CN(CCOc1ccc(Br)cc1)C(=O)[C@H]1COc2ccccc2C1. The zero-order valence-corrected chi connectivity index (χ0v) is 15.2. The number of carbonyl (C=O) groups is 1. The fraction of sp³-hybridized carbons (Fsp3) is 0.316. The predicted octanol–water partition coefficient (Wildman–Crippen LogP) is 3.54. The average molecular weight is 390 g/mol. The Morgan fingerprint density at radius 3 is 2.79 bits per heavy atom. The second kappa shape index (κ2) is 7.71. The van der Waals surface area contributed by atoms with Crippen LogP contribution in [0.1, 0.15) is 5.56 Å². The average Bonchev–Trinajstić information content (AvgIpc) is 2.62. The number of hydrogen-bond donors (Lipinski definition) is 0. The van der Waals surface area contributed by atoms with Crippen molar-refractivity contribution in [1.82, 2.24) is 4.90 Å². The van der Waals surface area contributed by atoms with E-state index in [1.807, 2.05) is 55.6 Å². The molecule has 0 N–H and O–H groups in total. The predicted molar refractivity (Wildman–Crippen MR) is 96.4 cm³/mol. The van der Waals surface area contributed by atoms with Gasteiger partial charge in [0, 0.05) is 11.5 Å². The van der Waals surface area contributed by atoms with Gasteiger partial charge >= 0.3 is 0 Å². The summed E-state index contributed by atoms with van der Waals surface area (Å²) in [7, 11) is 1.81. The molecule has 4 nitrogen and oxygen atoms in total. The maximum absolute atomic E-state index is 12.6. The Labute approximate surface area is 150 Å². The molecule has 0 saturated heterocycles. The lowest BCUT2D eigenvalue weighted by molar-refractivity contribution is -0.135. The third kappa shape index (κ3) is 4.09. The molecule has 0 fully saturated rings. The van der Waals surface area contributed by atoms with Gasteiger partial charge in [-0.3, -0.25) is 4.79 Å². The smallest absolute Gasteiger partial charge is 0.229 e. The van der Waals surface area contributed by atoms with E-state index in [-0.39, 0.29) is 11.8 Å². The van der Waals surface area contributed by atoms with Crippen LogP contribution in [0.15, 0.2) is 53.0 Å². The van der Waals surface area contributed by atoms with Crippen LogP contribution in [0, 0.1) is 5.92 Å². The van der Waals surface area contributed by atoms with Crippen LogP contribution in [0.3, 0.4) is 0 Å². The van der Waals surface area contributed by atoms with Crippen molar-refractivity contribution in [2.75, 3.05) is 26.8 Å². The molecule has 0 bridgehead atoms. The second-order valence-corrected chi connectivity index (χ2v) is 6.80. The summed E-state index contributed by atoms with van der Waals surface area (Å²) in [5.41, 5.74) is 1.10. The quantitative estimate of drug-likeness (QED) is 0.784. The van der Waals surface area contributed by atoms with Crippen LogP contribution in [-0.4, -0.2) is 37.6 Å². The molecule has 24 heavy (non-hydrogen) atoms. The number of nitrogens with zero attached hydrogens (tertiary/aromatic N) is 1. The molecular formula is C19H20BrNO3. The number of ether oxygens (including phenoxy) is 2. The first-order valence-corrected chi connectivity index (χ1v) is 8.77. The van der Waals surface area contributed by atoms with E-state index in [1.165, 1.54) is 0 Å². The van der Waals surface area contributed by atoms with Crippen molar-refractivity contribution in [3.05, 3.63) is 58.6 Å². The molecule has 0 saturated carbocycles. The van der Waals surface area contributed by atoms with Gasteiger partial charge in [0.05, 0.1) is 12.5 Å². The van der Waals surface area contributed by atoms with E-state index in [0.717, 1.165) is 28.0 Å². The molecule has 0 aromatic heterocycles. The van der Waals surface area contributed by atoms with Gasteiger partial charge < -0.3 is 14.4 Å². The largest absolute Gasteiger partial charge is 0.492 e. The van der Waals surface area contributed by atoms with Crippen LogP contribution in [-0.2, 0) is 11.2 Å². The molecular weight excluding hydrogens is 370 g/mol. The minimum absolute atomic E-state index is 0.101. The van der Waals surface area contributed by atoms with E-state index < -0.39 is 0 Å². The molecule has 0 radical (unpaired) electrons. The third-order valence-corrected chi connectivity index (χ3v) is 4.64. The van der Waals surface area contributed by atoms with Gasteiger partial charge in [0.25, 0.3) is 0 Å². The highest BCUT2D eigenvalue weighted by atomic mass is 79.9. The molecule has 1 atom stereocenters. The van der Waals surface area contributed by atoms with Crippen LogP contribution in [0.4, 0.5) is 0 Å². The summed E-state index contributed by atoms with van der Waals surface area (Å²) < 4.78 is 12.4. The van der Waals surface area contributed by atoms with E-state index in [2.05, 4.69) is 15.9 Å². The highest BCUT2D eigenvalue weighted by molar-refractivity contribution is 9.10. The van der Waals surface area contributed by atoms with Crippen LogP contribution < -0.4 is 9.47 Å². The van der Waals surface area contributed by atoms with Crippen molar-refractivity contribution in [2.24, 2.45) is 5.92 Å². The van der Waals surface area contributed by atoms with E-state index in [4.69, 9.17) is 9.47 Å². The van der Waals surface area contributed by atoms with E-state index in [9.17, 15) is 4.79 Å². The number of amides is 1. The molecule has 3 rings (SSSR count). The first kappa shape index (κ1) is 16.8. The summed E-state index contributed by atoms with van der Waals surface area (Å²) in [5, 5.41) is 0. The highest BCUT2D eigenvalue weighted by Gasteiger charge is 2.27. The molecule has 1 aliphatic rings. The van der Waals surface area contributed by atoms with Crippen molar-refractivity contribution >= 4 is 21.8 Å². The summed E-state index contributed by atoms with van der Waals surface area (Å²) in [6.07, 6.45) is 0.729. The number of benzene rings is 2. The van der Waals surface area contributed by atoms with Gasteiger partial charge in [-0.2, -0.15) is 0 Å². The first-order valence-electron chi connectivity index (χ1n) is 7.97. The van der Waals surface area contributed by atoms with Crippen molar-refractivity contribution in [1.29, 1.82) is 0 Å². The maximum Gasteiger partial charge on any atom is 0.229 e. The lowest BCUT2D eigenvalue weighted by Crippen LogP contribution is -2.40. The molecule has 0 spiro atoms. The number of likely N-dealkylation sites (N-methyl/N-ethyl adjacent to an activating group) is 1. The normalized spacial score (nSPS) is 16.0. The molecule has 1 aliphatic heterocycles. The zero-order valence-electron chi connectivity index (χ0n) is 13.6. The molecule has 126 valence electrons. The van der Waals surface area contributed by atoms with Gasteiger partial charge in [0.2, 0.25) is 5.91 Å². The van der Waals surface area contributed by atoms with Gasteiger partial charge in [-0.25, -0.2) is 0 Å². The van der Waals surface area contributed by atoms with Gasteiger partial charge in [-0.1, -0.05) is 34.1 Å². The topological polar surface area (TPSA) is 38.8 Å². The number of fused-ring (bicyclic) bond motifs is 1. The maximum atomic E-state index is 12.6. The fourth-order valence-electron chi connectivity index (χ4n) is 2.74. The summed E-state index contributed by atoms with van der Waals surface area (Å²) in [5.74, 6) is 1.67. The number of para-hydroxylation sites is 1. The summed E-state index contributed by atoms with van der Waals surface area (Å²) >= 11 is 3.39. The van der Waals surface area contributed by atoms with Gasteiger partial charge in [0.15, 0.2) is 0 Å². The minimum atomic E-state index is -0.127. The summed E-state index contributed by atoms with van der Waals surface area (Å²) in [6.45, 7) is 1.45. The number of hydrogen-bond acceptors (Lipinski definition) is 3. The van der Waals surface area contributed by atoms with Gasteiger partial charge in [-0.15, -0.1) is 0 Å². The van der Waals surface area contributed by atoms with E-state index in [0.29, 0.717) is 19.8 Å². The Balaban J connectivity index is 1.49. The van der Waals surface area contributed by atoms with E-state index in [1.54, 1.807) is 4.90 Å². The number of carbonyl (C=O) groups excluding carboxylic acids is 1. The van der Waals surface area contributed by atoms with Crippen molar-refractivity contribution in [3.63, 3.8) is 0 Å². The molecule has 1 amide bonds. The molecule has 1 heterocycles. The Morgan fingerprint density at radius 2 is 2.00 bits per heavy atom. The Kier molecular flexibility index (Phi) is 5.41. The Morgan fingerprint density at radius 1 is 1.25 bits per heavy atom. The molecule has 2 aromatic carbocycles. The van der Waals surface area contributed by atoms with E-state index >= 15 is 0 Å². The number of rotatable bonds is 5. The number of halogens is 1. The van der Waals surface area contributed by atoms with Crippen molar-refractivity contribution in [2.45, 2.75) is 6.42 Å². The van der Waals surface area contributed by atoms with Crippen LogP contribution in [0.5, 0.6) is 11.5 Å². The molecule has 0 unspecified atom stereocenters.